The number of hydrogen-bond acceptors (Lipinski definition) is 2. The minimum Gasteiger partial charge on any atom is -0.399 e. The van der Waals surface area contributed by atoms with Gasteiger partial charge in [-0.05, 0) is 36.8 Å². The summed E-state index contributed by atoms with van der Waals surface area (Å²) in [7, 11) is 0. The van der Waals surface area contributed by atoms with Crippen LogP contribution in [0, 0.1) is 0 Å². The second kappa shape index (κ2) is 5.36. The summed E-state index contributed by atoms with van der Waals surface area (Å²) < 4.78 is 0. The second-order valence-corrected chi connectivity index (χ2v) is 4.24. The molecule has 0 saturated carbocycles. The first kappa shape index (κ1) is 12.2. The topological polar surface area (TPSA) is 55.1 Å². The molecule has 3 heteroatoms. The SMILES string of the molecule is CC(C(=O)Nc1ccc(N)cc1)c1ccccc1. The van der Waals surface area contributed by atoms with E-state index in [1.807, 2.05) is 37.3 Å². The zero-order chi connectivity index (χ0) is 13.0. The molecule has 0 bridgehead atoms. The lowest BCUT2D eigenvalue weighted by atomic mass is 10.0. The highest BCUT2D eigenvalue weighted by atomic mass is 16.1. The van der Waals surface area contributed by atoms with Crippen molar-refractivity contribution >= 4 is 17.3 Å². The van der Waals surface area contributed by atoms with Crippen molar-refractivity contribution in [2.24, 2.45) is 0 Å². The van der Waals surface area contributed by atoms with Gasteiger partial charge in [0.2, 0.25) is 5.91 Å². The molecule has 0 aliphatic rings. The minimum absolute atomic E-state index is 0.0222. The van der Waals surface area contributed by atoms with E-state index in [0.717, 1.165) is 11.3 Å². The van der Waals surface area contributed by atoms with Gasteiger partial charge in [0.15, 0.2) is 0 Å². The Kier molecular flexibility index (Phi) is 3.63. The van der Waals surface area contributed by atoms with Crippen LogP contribution in [-0.4, -0.2) is 5.91 Å². The van der Waals surface area contributed by atoms with Gasteiger partial charge >= 0.3 is 0 Å². The lowest BCUT2D eigenvalue weighted by Gasteiger charge is -2.12. The van der Waals surface area contributed by atoms with Crippen molar-refractivity contribution in [2.45, 2.75) is 12.8 Å². The lowest BCUT2D eigenvalue weighted by Crippen LogP contribution is -2.18. The molecule has 0 aliphatic carbocycles. The van der Waals surface area contributed by atoms with Crippen LogP contribution in [0.3, 0.4) is 0 Å². The molecule has 0 heterocycles. The van der Waals surface area contributed by atoms with E-state index in [1.165, 1.54) is 0 Å². The van der Waals surface area contributed by atoms with Gasteiger partial charge in [-0.25, -0.2) is 0 Å². The standard InChI is InChI=1S/C15H16N2O/c1-11(12-5-3-2-4-6-12)15(18)17-14-9-7-13(16)8-10-14/h2-11H,16H2,1H3,(H,17,18). The molecule has 3 N–H and O–H groups in total. The van der Waals surface area contributed by atoms with Gasteiger partial charge in [0.25, 0.3) is 0 Å². The highest BCUT2D eigenvalue weighted by Gasteiger charge is 2.14. The van der Waals surface area contributed by atoms with Gasteiger partial charge in [0.05, 0.1) is 5.92 Å². The smallest absolute Gasteiger partial charge is 0.231 e. The molecule has 0 aliphatic heterocycles. The van der Waals surface area contributed by atoms with Crippen molar-refractivity contribution in [3.05, 3.63) is 60.2 Å². The molecule has 18 heavy (non-hydrogen) atoms. The van der Waals surface area contributed by atoms with Crippen molar-refractivity contribution < 1.29 is 4.79 Å². The number of anilines is 2. The fourth-order valence-corrected chi connectivity index (χ4v) is 1.71. The predicted octanol–water partition coefficient (Wildman–Crippen LogP) is 3.01. The third-order valence-electron chi connectivity index (χ3n) is 2.87. The van der Waals surface area contributed by atoms with Gasteiger partial charge in [0.1, 0.15) is 0 Å². The maximum absolute atomic E-state index is 12.1. The molecular formula is C15H16N2O. The molecule has 0 fully saturated rings. The zero-order valence-corrected chi connectivity index (χ0v) is 10.3. The Balaban J connectivity index is 2.06. The summed E-state index contributed by atoms with van der Waals surface area (Å²) in [6.45, 7) is 1.89. The first-order valence-electron chi connectivity index (χ1n) is 5.88. The van der Waals surface area contributed by atoms with Crippen molar-refractivity contribution in [2.75, 3.05) is 11.1 Å². The van der Waals surface area contributed by atoms with Gasteiger partial charge in [-0.1, -0.05) is 30.3 Å². The molecular weight excluding hydrogens is 224 g/mol. The Hall–Kier alpha value is -2.29. The number of nitrogens with one attached hydrogen (secondary N) is 1. The number of carbonyl (C=O) groups is 1. The van der Waals surface area contributed by atoms with Crippen LogP contribution < -0.4 is 11.1 Å². The van der Waals surface area contributed by atoms with Crippen LogP contribution >= 0.6 is 0 Å². The highest BCUT2D eigenvalue weighted by Crippen LogP contribution is 2.18. The largest absolute Gasteiger partial charge is 0.399 e. The van der Waals surface area contributed by atoms with Crippen LogP contribution in [0.5, 0.6) is 0 Å². The first-order valence-corrected chi connectivity index (χ1v) is 5.88. The maximum atomic E-state index is 12.1. The molecule has 1 amide bonds. The van der Waals surface area contributed by atoms with Crippen molar-refractivity contribution in [3.63, 3.8) is 0 Å². The second-order valence-electron chi connectivity index (χ2n) is 4.24. The summed E-state index contributed by atoms with van der Waals surface area (Å²) in [6.07, 6.45) is 0. The highest BCUT2D eigenvalue weighted by molar-refractivity contribution is 5.95. The summed E-state index contributed by atoms with van der Waals surface area (Å²) in [6, 6.07) is 16.8. The van der Waals surface area contributed by atoms with Crippen LogP contribution in [-0.2, 0) is 4.79 Å². The molecule has 0 radical (unpaired) electrons. The van der Waals surface area contributed by atoms with Crippen LogP contribution in [0.4, 0.5) is 11.4 Å². The van der Waals surface area contributed by atoms with Gasteiger partial charge in [-0.3, -0.25) is 4.79 Å². The van der Waals surface area contributed by atoms with Crippen LogP contribution in [0.1, 0.15) is 18.4 Å². The molecule has 2 aromatic rings. The number of benzene rings is 2. The van der Waals surface area contributed by atoms with Gasteiger partial charge in [-0.15, -0.1) is 0 Å². The molecule has 0 spiro atoms. The molecule has 1 unspecified atom stereocenters. The van der Waals surface area contributed by atoms with Crippen molar-refractivity contribution in [3.8, 4) is 0 Å². The van der Waals surface area contributed by atoms with Gasteiger partial charge in [-0.2, -0.15) is 0 Å². The summed E-state index contributed by atoms with van der Waals surface area (Å²) in [5.74, 6) is -0.199. The molecule has 3 nitrogen and oxygen atoms in total. The van der Waals surface area contributed by atoms with Crippen LogP contribution in [0.2, 0.25) is 0 Å². The number of carbonyl (C=O) groups excluding carboxylic acids is 1. The predicted molar refractivity (Wildman–Crippen MR) is 74.3 cm³/mol. The molecule has 0 saturated heterocycles. The summed E-state index contributed by atoms with van der Waals surface area (Å²) in [4.78, 5) is 12.1. The van der Waals surface area contributed by atoms with E-state index in [0.29, 0.717) is 5.69 Å². The number of nitrogens with two attached hydrogens (primary N) is 1. The summed E-state index contributed by atoms with van der Waals surface area (Å²) in [5, 5.41) is 2.87. The number of nitrogen functional groups attached to an aromatic ring is 1. The van der Waals surface area contributed by atoms with Gasteiger partial charge in [0, 0.05) is 11.4 Å². The van der Waals surface area contributed by atoms with E-state index in [1.54, 1.807) is 24.3 Å². The normalized spacial score (nSPS) is 11.8. The third kappa shape index (κ3) is 2.88. The average molecular weight is 240 g/mol. The van der Waals surface area contributed by atoms with Crippen LogP contribution in [0.15, 0.2) is 54.6 Å². The third-order valence-corrected chi connectivity index (χ3v) is 2.87. The lowest BCUT2D eigenvalue weighted by molar-refractivity contribution is -0.117. The molecule has 0 aromatic heterocycles. The van der Waals surface area contributed by atoms with Gasteiger partial charge < -0.3 is 11.1 Å². The molecule has 2 aromatic carbocycles. The van der Waals surface area contributed by atoms with Crippen molar-refractivity contribution in [1.82, 2.24) is 0 Å². The van der Waals surface area contributed by atoms with Crippen molar-refractivity contribution in [1.29, 1.82) is 0 Å². The van der Waals surface area contributed by atoms with E-state index in [4.69, 9.17) is 5.73 Å². The van der Waals surface area contributed by atoms with E-state index < -0.39 is 0 Å². The summed E-state index contributed by atoms with van der Waals surface area (Å²) >= 11 is 0. The fourth-order valence-electron chi connectivity index (χ4n) is 1.71. The monoisotopic (exact) mass is 240 g/mol. The van der Waals surface area contributed by atoms with E-state index in [2.05, 4.69) is 5.32 Å². The quantitative estimate of drug-likeness (QED) is 0.810. The minimum atomic E-state index is -0.177. The molecule has 92 valence electrons. The average Bonchev–Trinajstić information content (AvgIpc) is 2.41. The Labute approximate surface area is 107 Å². The zero-order valence-electron chi connectivity index (χ0n) is 10.3. The number of amides is 1. The Bertz CT molecular complexity index is 520. The molecule has 2 rings (SSSR count). The van der Waals surface area contributed by atoms with E-state index >= 15 is 0 Å². The Morgan fingerprint density at radius 1 is 1.06 bits per heavy atom. The Morgan fingerprint density at radius 3 is 2.28 bits per heavy atom. The molecule has 1 atom stereocenters. The fraction of sp³-hybridized carbons (Fsp3) is 0.133. The van der Waals surface area contributed by atoms with E-state index in [-0.39, 0.29) is 11.8 Å². The van der Waals surface area contributed by atoms with Crippen LogP contribution in [0.25, 0.3) is 0 Å². The summed E-state index contributed by atoms with van der Waals surface area (Å²) in [5.41, 5.74) is 8.05. The van der Waals surface area contributed by atoms with E-state index in [9.17, 15) is 4.79 Å². The number of hydrogen-bond donors (Lipinski definition) is 2. The Morgan fingerprint density at radius 2 is 1.67 bits per heavy atom. The maximum Gasteiger partial charge on any atom is 0.231 e. The number of rotatable bonds is 3. The first-order chi connectivity index (χ1) is 8.66.